The van der Waals surface area contributed by atoms with E-state index in [1.807, 2.05) is 44.2 Å². The average molecular weight is 600 g/mol. The van der Waals surface area contributed by atoms with Gasteiger partial charge in [-0.25, -0.2) is 8.42 Å². The van der Waals surface area contributed by atoms with E-state index in [0.29, 0.717) is 18.7 Å². The maximum absolute atomic E-state index is 13.9. The standard InChI is InChI=1S/C31H38ClN3O5S/c1-5-6-19-33-31(37)24(3)34(20-18-25-10-8-7-9-11-25)30(36)22-35(26-14-17-29(40-4)28(32)21-26)41(38,39)27-15-12-23(2)13-16-27/h7-17,21,24H,5-6,18-20,22H2,1-4H3,(H,33,37)/t24-/m1/s1. The molecule has 0 fully saturated rings. The predicted molar refractivity (Wildman–Crippen MR) is 163 cm³/mol. The van der Waals surface area contributed by atoms with Gasteiger partial charge in [-0.3, -0.25) is 13.9 Å². The van der Waals surface area contributed by atoms with E-state index in [2.05, 4.69) is 5.32 Å². The van der Waals surface area contributed by atoms with E-state index in [1.165, 1.54) is 30.2 Å². The van der Waals surface area contributed by atoms with Gasteiger partial charge in [-0.1, -0.05) is 73.0 Å². The van der Waals surface area contributed by atoms with E-state index in [0.717, 1.165) is 28.3 Å². The number of methoxy groups -OCH3 is 1. The van der Waals surface area contributed by atoms with Crippen LogP contribution in [0.3, 0.4) is 0 Å². The lowest BCUT2D eigenvalue weighted by Gasteiger charge is -2.32. The van der Waals surface area contributed by atoms with Crippen LogP contribution in [0.1, 0.15) is 37.8 Å². The van der Waals surface area contributed by atoms with Gasteiger partial charge >= 0.3 is 0 Å². The Hall–Kier alpha value is -3.56. The zero-order valence-corrected chi connectivity index (χ0v) is 25.5. The third-order valence-corrected chi connectivity index (χ3v) is 8.88. The molecule has 2 amide bonds. The Morgan fingerprint density at radius 2 is 1.71 bits per heavy atom. The van der Waals surface area contributed by atoms with Crippen molar-refractivity contribution in [1.82, 2.24) is 10.2 Å². The molecule has 1 atom stereocenters. The molecular weight excluding hydrogens is 562 g/mol. The van der Waals surface area contributed by atoms with Gasteiger partial charge in [0.25, 0.3) is 10.0 Å². The van der Waals surface area contributed by atoms with Gasteiger partial charge in [0.1, 0.15) is 18.3 Å². The zero-order valence-electron chi connectivity index (χ0n) is 24.0. The minimum Gasteiger partial charge on any atom is -0.495 e. The molecule has 8 nitrogen and oxygen atoms in total. The van der Waals surface area contributed by atoms with Gasteiger partial charge in [0.15, 0.2) is 0 Å². The first-order chi connectivity index (χ1) is 19.6. The maximum Gasteiger partial charge on any atom is 0.264 e. The highest BCUT2D eigenvalue weighted by Gasteiger charge is 2.32. The molecule has 0 aliphatic carbocycles. The molecule has 0 aliphatic heterocycles. The second-order valence-electron chi connectivity index (χ2n) is 9.79. The number of amides is 2. The Morgan fingerprint density at radius 3 is 2.32 bits per heavy atom. The molecule has 0 aliphatic rings. The summed E-state index contributed by atoms with van der Waals surface area (Å²) < 4.78 is 34.1. The Morgan fingerprint density at radius 1 is 1.02 bits per heavy atom. The number of nitrogens with one attached hydrogen (secondary N) is 1. The molecule has 41 heavy (non-hydrogen) atoms. The summed E-state index contributed by atoms with van der Waals surface area (Å²) in [5.74, 6) is -0.432. The molecule has 3 aromatic rings. The van der Waals surface area contributed by atoms with E-state index >= 15 is 0 Å². The molecule has 0 saturated heterocycles. The van der Waals surface area contributed by atoms with Crippen LogP contribution in [0.5, 0.6) is 5.75 Å². The fourth-order valence-electron chi connectivity index (χ4n) is 4.28. The molecule has 10 heteroatoms. The molecule has 3 aromatic carbocycles. The van der Waals surface area contributed by atoms with E-state index in [1.54, 1.807) is 31.2 Å². The summed E-state index contributed by atoms with van der Waals surface area (Å²) in [6, 6.07) is 19.8. The van der Waals surface area contributed by atoms with Gasteiger partial charge in [-0.2, -0.15) is 0 Å². The number of carbonyl (C=O) groups is 2. The summed E-state index contributed by atoms with van der Waals surface area (Å²) in [5, 5.41) is 3.09. The highest BCUT2D eigenvalue weighted by atomic mass is 35.5. The highest BCUT2D eigenvalue weighted by Crippen LogP contribution is 2.32. The van der Waals surface area contributed by atoms with Gasteiger partial charge in [0.2, 0.25) is 11.8 Å². The van der Waals surface area contributed by atoms with Crippen LogP contribution in [0.15, 0.2) is 77.7 Å². The molecule has 3 rings (SSSR count). The van der Waals surface area contributed by atoms with Crippen molar-refractivity contribution in [2.24, 2.45) is 0 Å². The van der Waals surface area contributed by atoms with Crippen molar-refractivity contribution in [2.75, 3.05) is 31.0 Å². The van der Waals surface area contributed by atoms with Crippen molar-refractivity contribution in [3.05, 3.63) is 88.9 Å². The lowest BCUT2D eigenvalue weighted by Crippen LogP contribution is -2.52. The molecule has 0 spiro atoms. The van der Waals surface area contributed by atoms with Crippen molar-refractivity contribution in [2.45, 2.75) is 51.0 Å². The van der Waals surface area contributed by atoms with Gasteiger partial charge in [-0.05, 0) is 62.6 Å². The normalized spacial score (nSPS) is 11.9. The fraction of sp³-hybridized carbons (Fsp3) is 0.355. The van der Waals surface area contributed by atoms with Crippen molar-refractivity contribution >= 4 is 39.1 Å². The lowest BCUT2D eigenvalue weighted by molar-refractivity contribution is -0.138. The average Bonchev–Trinajstić information content (AvgIpc) is 2.96. The number of anilines is 1. The highest BCUT2D eigenvalue weighted by molar-refractivity contribution is 7.92. The summed E-state index contributed by atoms with van der Waals surface area (Å²) in [5.41, 5.74) is 2.09. The number of hydrogen-bond acceptors (Lipinski definition) is 5. The summed E-state index contributed by atoms with van der Waals surface area (Å²) in [7, 11) is -2.72. The zero-order chi connectivity index (χ0) is 30.0. The number of rotatable bonds is 14. The van der Waals surface area contributed by atoms with Crippen molar-refractivity contribution in [3.8, 4) is 5.75 Å². The molecular formula is C31H38ClN3O5S. The van der Waals surface area contributed by atoms with Gasteiger partial charge < -0.3 is 15.0 Å². The third-order valence-electron chi connectivity index (χ3n) is 6.79. The molecule has 0 radical (unpaired) electrons. The van der Waals surface area contributed by atoms with Gasteiger partial charge in [0, 0.05) is 13.1 Å². The molecule has 0 saturated carbocycles. The Bertz CT molecular complexity index is 1420. The first kappa shape index (κ1) is 32.0. The van der Waals surface area contributed by atoms with Crippen molar-refractivity contribution < 1.29 is 22.7 Å². The van der Waals surface area contributed by atoms with Crippen molar-refractivity contribution in [3.63, 3.8) is 0 Å². The van der Waals surface area contributed by atoms with Crippen LogP contribution >= 0.6 is 11.6 Å². The summed E-state index contributed by atoms with van der Waals surface area (Å²) >= 11 is 6.36. The van der Waals surface area contributed by atoms with Crippen molar-refractivity contribution in [1.29, 1.82) is 0 Å². The maximum atomic E-state index is 13.9. The van der Waals surface area contributed by atoms with Crippen LogP contribution in [0.25, 0.3) is 0 Å². The second kappa shape index (κ2) is 14.9. The number of halogens is 1. The van der Waals surface area contributed by atoms with E-state index < -0.39 is 28.5 Å². The number of ether oxygens (including phenoxy) is 1. The number of hydrogen-bond donors (Lipinski definition) is 1. The summed E-state index contributed by atoms with van der Waals surface area (Å²) in [4.78, 5) is 28.4. The molecule has 1 N–H and O–H groups in total. The first-order valence-corrected chi connectivity index (χ1v) is 15.4. The monoisotopic (exact) mass is 599 g/mol. The SMILES string of the molecule is CCCCNC(=O)[C@@H](C)N(CCc1ccccc1)C(=O)CN(c1ccc(OC)c(Cl)c1)S(=O)(=O)c1ccc(C)cc1. The second-order valence-corrected chi connectivity index (χ2v) is 12.1. The fourth-order valence-corrected chi connectivity index (χ4v) is 5.94. The van der Waals surface area contributed by atoms with Crippen LogP contribution in [0.4, 0.5) is 5.69 Å². The Balaban J connectivity index is 1.99. The number of carbonyl (C=O) groups excluding carboxylic acids is 2. The summed E-state index contributed by atoms with van der Waals surface area (Å²) in [6.07, 6.45) is 2.23. The number of unbranched alkanes of at least 4 members (excludes halogenated alkanes) is 1. The first-order valence-electron chi connectivity index (χ1n) is 13.6. The molecule has 0 aromatic heterocycles. The Kier molecular flexibility index (Phi) is 11.6. The number of nitrogens with zero attached hydrogens (tertiary/aromatic N) is 2. The third kappa shape index (κ3) is 8.47. The van der Waals surface area contributed by atoms with Crippen LogP contribution < -0.4 is 14.4 Å². The summed E-state index contributed by atoms with van der Waals surface area (Å²) in [6.45, 7) is 5.75. The Labute approximate surface area is 248 Å². The number of aryl methyl sites for hydroxylation is 1. The number of benzene rings is 3. The van der Waals surface area contributed by atoms with Crippen LogP contribution in [-0.2, 0) is 26.0 Å². The molecule has 220 valence electrons. The lowest BCUT2D eigenvalue weighted by atomic mass is 10.1. The smallest absolute Gasteiger partial charge is 0.264 e. The van der Waals surface area contributed by atoms with Crippen LogP contribution in [-0.4, -0.2) is 57.9 Å². The topological polar surface area (TPSA) is 96.0 Å². The largest absolute Gasteiger partial charge is 0.495 e. The molecule has 0 bridgehead atoms. The molecule has 0 unspecified atom stereocenters. The minimum absolute atomic E-state index is 0.0315. The van der Waals surface area contributed by atoms with Crippen LogP contribution in [0.2, 0.25) is 5.02 Å². The van der Waals surface area contributed by atoms with Crippen LogP contribution in [0, 0.1) is 6.92 Å². The van der Waals surface area contributed by atoms with Gasteiger partial charge in [-0.15, -0.1) is 0 Å². The quantitative estimate of drug-likeness (QED) is 0.256. The minimum atomic E-state index is -4.18. The number of sulfonamides is 1. The van der Waals surface area contributed by atoms with Gasteiger partial charge in [0.05, 0.1) is 22.7 Å². The van der Waals surface area contributed by atoms with E-state index in [-0.39, 0.29) is 28.1 Å². The van der Waals surface area contributed by atoms with E-state index in [4.69, 9.17) is 16.3 Å². The molecule has 0 heterocycles. The van der Waals surface area contributed by atoms with E-state index in [9.17, 15) is 18.0 Å². The predicted octanol–water partition coefficient (Wildman–Crippen LogP) is 5.23.